The minimum absolute atomic E-state index is 0. The predicted molar refractivity (Wildman–Crippen MR) is 92.0 cm³/mol. The zero-order valence-corrected chi connectivity index (χ0v) is 14.8. The lowest BCUT2D eigenvalue weighted by Gasteiger charge is -2.34. The maximum atomic E-state index is 13.0. The van der Waals surface area contributed by atoms with E-state index >= 15 is 0 Å². The van der Waals surface area contributed by atoms with Crippen molar-refractivity contribution >= 4 is 29.9 Å². The van der Waals surface area contributed by atoms with Gasteiger partial charge in [0.05, 0.1) is 5.02 Å². The molecule has 0 bridgehead atoms. The molecule has 1 aromatic carbocycles. The normalized spacial score (nSPS) is 14.9. The summed E-state index contributed by atoms with van der Waals surface area (Å²) in [6.45, 7) is 4.57. The summed E-state index contributed by atoms with van der Waals surface area (Å²) in [5, 5.41) is 3.48. The van der Waals surface area contributed by atoms with Crippen LogP contribution in [0.5, 0.6) is 5.75 Å². The Morgan fingerprint density at radius 3 is 2.74 bits per heavy atom. The number of carbonyl (C=O) groups is 1. The van der Waals surface area contributed by atoms with E-state index in [1.54, 1.807) is 0 Å². The Kier molecular flexibility index (Phi) is 8.66. The molecule has 0 spiro atoms. The monoisotopic (exact) mass is 364 g/mol. The van der Waals surface area contributed by atoms with Gasteiger partial charge in [0.25, 0.3) is 5.91 Å². The van der Waals surface area contributed by atoms with Crippen molar-refractivity contribution in [3.63, 3.8) is 0 Å². The predicted octanol–water partition coefficient (Wildman–Crippen LogP) is 3.27. The molecule has 1 N–H and O–H groups in total. The highest BCUT2D eigenvalue weighted by Crippen LogP contribution is 2.25. The molecule has 4 nitrogen and oxygen atoms in total. The van der Waals surface area contributed by atoms with Gasteiger partial charge in [0.15, 0.2) is 6.61 Å². The highest BCUT2D eigenvalue weighted by Gasteiger charge is 2.25. The van der Waals surface area contributed by atoms with Crippen LogP contribution in [-0.4, -0.2) is 43.1 Å². The summed E-state index contributed by atoms with van der Waals surface area (Å²) < 4.78 is 18.5. The van der Waals surface area contributed by atoms with Crippen molar-refractivity contribution in [2.24, 2.45) is 0 Å². The van der Waals surface area contributed by atoms with E-state index in [4.69, 9.17) is 16.3 Å². The van der Waals surface area contributed by atoms with E-state index in [1.807, 2.05) is 4.90 Å². The molecule has 0 atom stereocenters. The van der Waals surface area contributed by atoms with Crippen LogP contribution < -0.4 is 10.1 Å². The average molecular weight is 365 g/mol. The summed E-state index contributed by atoms with van der Waals surface area (Å²) in [4.78, 5) is 14.3. The van der Waals surface area contributed by atoms with Crippen LogP contribution in [0.25, 0.3) is 0 Å². The number of nitrogens with zero attached hydrogens (tertiary/aromatic N) is 1. The SMILES string of the molecule is CCCN(C(=O)COc1ccc(F)cc1Cl)C1CCNCC1.Cl. The summed E-state index contributed by atoms with van der Waals surface area (Å²) >= 11 is 5.90. The van der Waals surface area contributed by atoms with Crippen LogP contribution in [0.1, 0.15) is 26.2 Å². The van der Waals surface area contributed by atoms with Gasteiger partial charge in [0, 0.05) is 12.6 Å². The van der Waals surface area contributed by atoms with Crippen LogP contribution in [0.15, 0.2) is 18.2 Å². The van der Waals surface area contributed by atoms with Gasteiger partial charge in [0.1, 0.15) is 11.6 Å². The summed E-state index contributed by atoms with van der Waals surface area (Å²) in [7, 11) is 0. The second-order valence-corrected chi connectivity index (χ2v) is 5.84. The van der Waals surface area contributed by atoms with E-state index in [2.05, 4.69) is 12.2 Å². The van der Waals surface area contributed by atoms with Crippen molar-refractivity contribution in [2.75, 3.05) is 26.2 Å². The van der Waals surface area contributed by atoms with E-state index in [9.17, 15) is 9.18 Å². The first-order valence-electron chi connectivity index (χ1n) is 7.70. The van der Waals surface area contributed by atoms with E-state index in [0.717, 1.165) is 38.9 Å². The molecule has 1 aliphatic heterocycles. The number of benzene rings is 1. The molecule has 2 rings (SSSR count). The molecule has 1 aromatic rings. The third-order valence-electron chi connectivity index (χ3n) is 3.78. The van der Waals surface area contributed by atoms with Crippen molar-refractivity contribution in [1.29, 1.82) is 0 Å². The fourth-order valence-electron chi connectivity index (χ4n) is 2.68. The largest absolute Gasteiger partial charge is 0.482 e. The zero-order valence-electron chi connectivity index (χ0n) is 13.2. The Hall–Kier alpha value is -1.04. The van der Waals surface area contributed by atoms with E-state index in [1.165, 1.54) is 18.2 Å². The number of piperidine rings is 1. The fraction of sp³-hybridized carbons (Fsp3) is 0.562. The van der Waals surface area contributed by atoms with Gasteiger partial charge >= 0.3 is 0 Å². The Bertz CT molecular complexity index is 511. The van der Waals surface area contributed by atoms with Gasteiger partial charge in [0.2, 0.25) is 0 Å². The van der Waals surface area contributed by atoms with Crippen molar-refractivity contribution in [3.05, 3.63) is 29.0 Å². The third kappa shape index (κ3) is 5.83. The minimum Gasteiger partial charge on any atom is -0.482 e. The summed E-state index contributed by atoms with van der Waals surface area (Å²) in [6, 6.07) is 4.15. The Morgan fingerprint density at radius 1 is 1.43 bits per heavy atom. The molecule has 0 aromatic heterocycles. The number of nitrogens with one attached hydrogen (secondary N) is 1. The molecule has 23 heavy (non-hydrogen) atoms. The molecule has 7 heteroatoms. The number of ether oxygens (including phenoxy) is 1. The number of rotatable bonds is 6. The third-order valence-corrected chi connectivity index (χ3v) is 4.07. The van der Waals surface area contributed by atoms with E-state index < -0.39 is 5.82 Å². The van der Waals surface area contributed by atoms with Crippen molar-refractivity contribution in [3.8, 4) is 5.75 Å². The lowest BCUT2D eigenvalue weighted by Crippen LogP contribution is -2.48. The molecule has 1 aliphatic rings. The van der Waals surface area contributed by atoms with Crippen molar-refractivity contribution in [1.82, 2.24) is 10.2 Å². The molecule has 0 saturated carbocycles. The standard InChI is InChI=1S/C16H22ClFN2O2.ClH/c1-2-9-20(13-5-7-19-8-6-13)16(21)11-22-15-4-3-12(18)10-14(15)17;/h3-4,10,13,19H,2,5-9,11H2,1H3;1H. The van der Waals surface area contributed by atoms with Crippen LogP contribution >= 0.6 is 24.0 Å². The second kappa shape index (κ2) is 9.96. The van der Waals surface area contributed by atoms with Crippen LogP contribution in [0.4, 0.5) is 4.39 Å². The maximum Gasteiger partial charge on any atom is 0.260 e. The molecular formula is C16H23Cl2FN2O2. The number of hydrogen-bond acceptors (Lipinski definition) is 3. The molecule has 0 unspecified atom stereocenters. The smallest absolute Gasteiger partial charge is 0.260 e. The Morgan fingerprint density at radius 2 is 2.13 bits per heavy atom. The maximum absolute atomic E-state index is 13.0. The average Bonchev–Trinajstić information content (AvgIpc) is 2.52. The number of carbonyl (C=O) groups excluding carboxylic acids is 1. The van der Waals surface area contributed by atoms with Gasteiger partial charge in [-0.3, -0.25) is 4.79 Å². The van der Waals surface area contributed by atoms with Crippen molar-refractivity contribution in [2.45, 2.75) is 32.2 Å². The molecular weight excluding hydrogens is 342 g/mol. The lowest BCUT2D eigenvalue weighted by molar-refractivity contribution is -0.136. The Balaban J connectivity index is 0.00000264. The van der Waals surface area contributed by atoms with Gasteiger partial charge in [-0.05, 0) is 50.6 Å². The number of amides is 1. The highest BCUT2D eigenvalue weighted by molar-refractivity contribution is 6.32. The molecule has 130 valence electrons. The van der Waals surface area contributed by atoms with Gasteiger partial charge < -0.3 is 15.0 Å². The quantitative estimate of drug-likeness (QED) is 0.841. The van der Waals surface area contributed by atoms with E-state index in [-0.39, 0.29) is 36.0 Å². The summed E-state index contributed by atoms with van der Waals surface area (Å²) in [5.74, 6) is -0.140. The van der Waals surface area contributed by atoms with Crippen LogP contribution in [-0.2, 0) is 4.79 Å². The van der Waals surface area contributed by atoms with Crippen molar-refractivity contribution < 1.29 is 13.9 Å². The van der Waals surface area contributed by atoms with Gasteiger partial charge in [-0.1, -0.05) is 18.5 Å². The summed E-state index contributed by atoms with van der Waals surface area (Å²) in [5.41, 5.74) is 0. The minimum atomic E-state index is -0.425. The number of hydrogen-bond donors (Lipinski definition) is 1. The van der Waals surface area contributed by atoms with E-state index in [0.29, 0.717) is 5.75 Å². The molecule has 0 aliphatic carbocycles. The first-order chi connectivity index (χ1) is 10.6. The van der Waals surface area contributed by atoms with Gasteiger partial charge in [-0.2, -0.15) is 0 Å². The summed E-state index contributed by atoms with van der Waals surface area (Å²) in [6.07, 6.45) is 2.83. The van der Waals surface area contributed by atoms with Crippen LogP contribution in [0, 0.1) is 5.82 Å². The van der Waals surface area contributed by atoms with Gasteiger partial charge in [-0.15, -0.1) is 12.4 Å². The molecule has 1 heterocycles. The van der Waals surface area contributed by atoms with Crippen LogP contribution in [0.2, 0.25) is 5.02 Å². The number of halogens is 3. The van der Waals surface area contributed by atoms with Crippen LogP contribution in [0.3, 0.4) is 0 Å². The molecule has 1 fully saturated rings. The highest BCUT2D eigenvalue weighted by atomic mass is 35.5. The van der Waals surface area contributed by atoms with Gasteiger partial charge in [-0.25, -0.2) is 4.39 Å². The molecule has 1 saturated heterocycles. The lowest BCUT2D eigenvalue weighted by atomic mass is 10.0. The Labute approximate surface area is 147 Å². The first-order valence-corrected chi connectivity index (χ1v) is 8.07. The second-order valence-electron chi connectivity index (χ2n) is 5.43. The zero-order chi connectivity index (χ0) is 15.9. The first kappa shape index (κ1) is 20.0. The molecule has 0 radical (unpaired) electrons. The fourth-order valence-corrected chi connectivity index (χ4v) is 2.91. The topological polar surface area (TPSA) is 41.6 Å². The molecule has 1 amide bonds.